The minimum atomic E-state index is -1.10. The maximum atomic E-state index is 14.0. The van der Waals surface area contributed by atoms with E-state index in [1.54, 1.807) is 4.90 Å². The van der Waals surface area contributed by atoms with Crippen LogP contribution in [0.2, 0.25) is 0 Å². The van der Waals surface area contributed by atoms with E-state index in [1.807, 2.05) is 71.2 Å². The number of piperidine rings is 1. The average molecular weight is 550 g/mol. The van der Waals surface area contributed by atoms with Gasteiger partial charge >= 0.3 is 12.1 Å². The molecule has 1 saturated heterocycles. The van der Waals surface area contributed by atoms with E-state index in [4.69, 9.17) is 4.74 Å². The number of nitrogens with zero attached hydrogens (tertiary/aromatic N) is 1. The van der Waals surface area contributed by atoms with Crippen molar-refractivity contribution in [3.8, 4) is 0 Å². The van der Waals surface area contributed by atoms with Gasteiger partial charge in [-0.25, -0.2) is 9.59 Å². The van der Waals surface area contributed by atoms with Gasteiger partial charge in [-0.05, 0) is 63.5 Å². The lowest BCUT2D eigenvalue weighted by molar-refractivity contribution is -0.142. The van der Waals surface area contributed by atoms with Crippen LogP contribution in [0.3, 0.4) is 0 Å². The molecule has 0 radical (unpaired) electrons. The highest BCUT2D eigenvalue weighted by atomic mass is 32.2. The first-order valence-electron chi connectivity index (χ1n) is 13.2. The second kappa shape index (κ2) is 13.9. The van der Waals surface area contributed by atoms with Crippen LogP contribution in [-0.2, 0) is 24.5 Å². The average Bonchev–Trinajstić information content (AvgIpc) is 2.88. The van der Waals surface area contributed by atoms with Gasteiger partial charge in [0.05, 0.1) is 5.41 Å². The molecule has 1 fully saturated rings. The van der Waals surface area contributed by atoms with Gasteiger partial charge in [0.25, 0.3) is 0 Å². The van der Waals surface area contributed by atoms with Crippen LogP contribution < -0.4 is 10.6 Å². The molecule has 1 aromatic rings. The fourth-order valence-corrected chi connectivity index (χ4v) is 5.01. The van der Waals surface area contributed by atoms with Crippen molar-refractivity contribution >= 4 is 35.6 Å². The predicted molar refractivity (Wildman–Crippen MR) is 149 cm³/mol. The lowest BCUT2D eigenvalue weighted by Gasteiger charge is -2.42. The van der Waals surface area contributed by atoms with Gasteiger partial charge in [-0.1, -0.05) is 50.6 Å². The van der Waals surface area contributed by atoms with E-state index < -0.39 is 41.1 Å². The molecule has 1 aromatic carbocycles. The summed E-state index contributed by atoms with van der Waals surface area (Å²) < 4.78 is 5.52. The molecule has 0 bridgehead atoms. The molecule has 0 saturated carbocycles. The van der Waals surface area contributed by atoms with Crippen LogP contribution >= 0.6 is 11.8 Å². The summed E-state index contributed by atoms with van der Waals surface area (Å²) in [5.74, 6) is -1.54. The Labute approximate surface area is 230 Å². The Bertz CT molecular complexity index is 957. The van der Waals surface area contributed by atoms with E-state index in [-0.39, 0.29) is 18.2 Å². The van der Waals surface area contributed by atoms with Crippen LogP contribution in [0.25, 0.3) is 0 Å². The summed E-state index contributed by atoms with van der Waals surface area (Å²) in [7, 11) is 0. The van der Waals surface area contributed by atoms with E-state index in [0.29, 0.717) is 38.1 Å². The van der Waals surface area contributed by atoms with E-state index in [9.17, 15) is 24.3 Å². The summed E-state index contributed by atoms with van der Waals surface area (Å²) >= 11 is 1.50. The topological polar surface area (TPSA) is 125 Å². The normalized spacial score (nSPS) is 17.6. The van der Waals surface area contributed by atoms with Gasteiger partial charge in [0.15, 0.2) is 0 Å². The van der Waals surface area contributed by atoms with E-state index >= 15 is 0 Å². The summed E-state index contributed by atoms with van der Waals surface area (Å²) in [6.45, 7) is 9.88. The van der Waals surface area contributed by atoms with Crippen LogP contribution in [0.15, 0.2) is 30.3 Å². The second-order valence-corrected chi connectivity index (χ2v) is 11.9. The second-order valence-electron chi connectivity index (χ2n) is 10.9. The monoisotopic (exact) mass is 549 g/mol. The molecule has 3 atom stereocenters. The van der Waals surface area contributed by atoms with Crippen molar-refractivity contribution in [3.05, 3.63) is 35.9 Å². The third-order valence-electron chi connectivity index (χ3n) is 7.04. The number of likely N-dealkylation sites (tertiary alicyclic amines) is 1. The highest BCUT2D eigenvalue weighted by molar-refractivity contribution is 7.98. The fraction of sp³-hybridized carbons (Fsp3) is 0.643. The van der Waals surface area contributed by atoms with Crippen molar-refractivity contribution in [1.29, 1.82) is 0 Å². The van der Waals surface area contributed by atoms with Crippen LogP contribution in [0.4, 0.5) is 4.79 Å². The van der Waals surface area contributed by atoms with Crippen molar-refractivity contribution in [2.75, 3.05) is 25.1 Å². The number of hydrogen-bond acceptors (Lipinski definition) is 6. The molecule has 212 valence electrons. The third kappa shape index (κ3) is 8.38. The van der Waals surface area contributed by atoms with Gasteiger partial charge in [0.2, 0.25) is 11.8 Å². The van der Waals surface area contributed by atoms with Crippen LogP contribution in [0.1, 0.15) is 65.9 Å². The van der Waals surface area contributed by atoms with Crippen LogP contribution in [0.5, 0.6) is 0 Å². The Hall–Kier alpha value is -2.75. The Morgan fingerprint density at radius 3 is 2.21 bits per heavy atom. The van der Waals surface area contributed by atoms with Gasteiger partial charge < -0.3 is 25.4 Å². The minimum Gasteiger partial charge on any atom is -0.480 e. The third-order valence-corrected chi connectivity index (χ3v) is 7.68. The number of carboxylic acids is 1. The molecule has 1 aliphatic rings. The minimum absolute atomic E-state index is 0.219. The number of ether oxygens (including phenoxy) is 1. The summed E-state index contributed by atoms with van der Waals surface area (Å²) in [6, 6.07) is 7.47. The molecular weight excluding hydrogens is 506 g/mol. The molecule has 0 aliphatic carbocycles. The Balaban J connectivity index is 2.29. The largest absolute Gasteiger partial charge is 0.480 e. The fourth-order valence-electron chi connectivity index (χ4n) is 4.54. The first-order chi connectivity index (χ1) is 17.8. The Morgan fingerprint density at radius 1 is 1.11 bits per heavy atom. The summed E-state index contributed by atoms with van der Waals surface area (Å²) in [5.41, 5.74) is -0.757. The van der Waals surface area contributed by atoms with Crippen molar-refractivity contribution in [2.45, 2.75) is 83.4 Å². The van der Waals surface area contributed by atoms with E-state index in [2.05, 4.69) is 10.6 Å². The number of carbonyl (C=O) groups excluding carboxylic acids is 3. The molecule has 2 rings (SSSR count). The molecule has 3 amide bonds. The predicted octanol–water partition coefficient (Wildman–Crippen LogP) is 3.81. The van der Waals surface area contributed by atoms with E-state index in [1.165, 1.54) is 11.8 Å². The molecule has 9 nitrogen and oxygen atoms in total. The Kier molecular flexibility index (Phi) is 11.5. The SMILES string of the molecule is CCC(C)[C@H](NC(=O)C1(c2ccccc2)CCN(C(=O)OC(C)(C)C)CC1)C(=O)N[C@@H](CCSC)C(=O)O. The first kappa shape index (κ1) is 31.5. The molecule has 10 heteroatoms. The Morgan fingerprint density at radius 2 is 1.71 bits per heavy atom. The van der Waals surface area contributed by atoms with Gasteiger partial charge in [0.1, 0.15) is 17.7 Å². The van der Waals surface area contributed by atoms with Gasteiger partial charge in [-0.3, -0.25) is 9.59 Å². The smallest absolute Gasteiger partial charge is 0.410 e. The lowest BCUT2D eigenvalue weighted by atomic mass is 9.71. The molecule has 1 unspecified atom stereocenters. The number of aliphatic carboxylic acids is 1. The summed E-state index contributed by atoms with van der Waals surface area (Å²) in [4.78, 5) is 53.3. The number of hydrogen-bond donors (Lipinski definition) is 3. The quantitative estimate of drug-likeness (QED) is 0.383. The maximum absolute atomic E-state index is 14.0. The standard InChI is InChI=1S/C28H43N3O6S/c1-7-19(2)22(23(32)29-21(24(33)34)13-18-38-6)30-25(35)28(20-11-9-8-10-12-20)14-16-31(17-15-28)26(36)37-27(3,4)5/h8-12,19,21-22H,7,13-18H2,1-6H3,(H,29,32)(H,30,35)(H,33,34)/t19?,21-,22-/m0/s1. The number of carbonyl (C=O) groups is 4. The number of nitrogens with one attached hydrogen (secondary N) is 2. The van der Waals surface area contributed by atoms with E-state index in [0.717, 1.165) is 5.56 Å². The van der Waals surface area contributed by atoms with Crippen molar-refractivity contribution in [3.63, 3.8) is 0 Å². The first-order valence-corrected chi connectivity index (χ1v) is 14.6. The molecule has 38 heavy (non-hydrogen) atoms. The zero-order valence-corrected chi connectivity index (χ0v) is 24.2. The van der Waals surface area contributed by atoms with Crippen molar-refractivity contribution in [1.82, 2.24) is 15.5 Å². The highest BCUT2D eigenvalue weighted by Gasteiger charge is 2.46. The number of rotatable bonds is 11. The van der Waals surface area contributed by atoms with Gasteiger partial charge in [0, 0.05) is 13.1 Å². The molecule has 1 aliphatic heterocycles. The molecule has 0 aromatic heterocycles. The summed E-state index contributed by atoms with van der Waals surface area (Å²) in [5, 5.41) is 15.2. The maximum Gasteiger partial charge on any atom is 0.410 e. The van der Waals surface area contributed by atoms with Crippen LogP contribution in [0, 0.1) is 5.92 Å². The highest BCUT2D eigenvalue weighted by Crippen LogP contribution is 2.37. The zero-order valence-electron chi connectivity index (χ0n) is 23.4. The van der Waals surface area contributed by atoms with Gasteiger partial charge in [-0.2, -0.15) is 11.8 Å². The van der Waals surface area contributed by atoms with Crippen LogP contribution in [-0.4, -0.2) is 76.7 Å². The molecule has 0 spiro atoms. The molecule has 3 N–H and O–H groups in total. The number of benzene rings is 1. The molecular formula is C28H43N3O6S. The number of carboxylic acid groups (broad SMARTS) is 1. The molecule has 1 heterocycles. The van der Waals surface area contributed by atoms with Crippen molar-refractivity contribution < 1.29 is 29.0 Å². The zero-order chi connectivity index (χ0) is 28.5. The number of amides is 3. The van der Waals surface area contributed by atoms with Gasteiger partial charge in [-0.15, -0.1) is 0 Å². The summed E-state index contributed by atoms with van der Waals surface area (Å²) in [6.07, 6.45) is 3.09. The number of thioether (sulfide) groups is 1. The van der Waals surface area contributed by atoms with Crippen molar-refractivity contribution in [2.24, 2.45) is 5.92 Å². The lowest BCUT2D eigenvalue weighted by Crippen LogP contribution is -2.59.